The Bertz CT molecular complexity index is 677. The van der Waals surface area contributed by atoms with Gasteiger partial charge in [-0.3, -0.25) is 14.7 Å². The summed E-state index contributed by atoms with van der Waals surface area (Å²) >= 11 is 0. The van der Waals surface area contributed by atoms with Crippen molar-refractivity contribution in [2.45, 2.75) is 26.3 Å². The number of likely N-dealkylation sites (N-methyl/N-ethyl adjacent to an activating group) is 1. The summed E-state index contributed by atoms with van der Waals surface area (Å²) in [5.74, 6) is 0.702. The second-order valence-corrected chi connectivity index (χ2v) is 5.52. The first-order valence-electron chi connectivity index (χ1n) is 7.71. The Labute approximate surface area is 124 Å². The van der Waals surface area contributed by atoms with Crippen molar-refractivity contribution in [2.75, 3.05) is 31.1 Å². The highest BCUT2D eigenvalue weighted by Crippen LogP contribution is 2.20. The van der Waals surface area contributed by atoms with Crippen LogP contribution >= 0.6 is 0 Å². The third-order valence-electron chi connectivity index (χ3n) is 4.39. The maximum atomic E-state index is 12.2. The van der Waals surface area contributed by atoms with Crippen LogP contribution in [0, 0.1) is 0 Å². The van der Waals surface area contributed by atoms with Crippen molar-refractivity contribution in [3.8, 4) is 0 Å². The molecule has 1 aliphatic rings. The van der Waals surface area contributed by atoms with Crippen LogP contribution in [-0.4, -0.2) is 47.1 Å². The predicted octanol–water partition coefficient (Wildman–Crippen LogP) is 1.84. The fourth-order valence-corrected chi connectivity index (χ4v) is 3.20. The van der Waals surface area contributed by atoms with Crippen molar-refractivity contribution < 1.29 is 0 Å². The number of fused-ring (bicyclic) bond motifs is 1. The van der Waals surface area contributed by atoms with Gasteiger partial charge >= 0.3 is 0 Å². The molecular formula is C16H22N4O. The average Bonchev–Trinajstić information content (AvgIpc) is 2.98. The number of aromatic amines is 1. The van der Waals surface area contributed by atoms with Gasteiger partial charge in [0.15, 0.2) is 0 Å². The molecular weight excluding hydrogens is 264 g/mol. The van der Waals surface area contributed by atoms with Crippen LogP contribution in [0.15, 0.2) is 29.1 Å². The Morgan fingerprint density at radius 3 is 2.86 bits per heavy atom. The minimum atomic E-state index is -0.0538. The third kappa shape index (κ3) is 2.65. The maximum absolute atomic E-state index is 12.2. The SMILES string of the molecule is CCN(CC)[C@@H]1CCN(c2nc3ccccc3c(=O)[nH]2)C1. The van der Waals surface area contributed by atoms with E-state index in [9.17, 15) is 4.79 Å². The van der Waals surface area contributed by atoms with Gasteiger partial charge in [-0.15, -0.1) is 0 Å². The zero-order chi connectivity index (χ0) is 14.8. The zero-order valence-corrected chi connectivity index (χ0v) is 12.7. The van der Waals surface area contributed by atoms with E-state index in [0.29, 0.717) is 17.4 Å². The first-order valence-corrected chi connectivity index (χ1v) is 7.71. The summed E-state index contributed by atoms with van der Waals surface area (Å²) in [6, 6.07) is 8.04. The van der Waals surface area contributed by atoms with Crippen LogP contribution in [0.2, 0.25) is 0 Å². The van der Waals surface area contributed by atoms with Crippen LogP contribution in [0.1, 0.15) is 20.3 Å². The third-order valence-corrected chi connectivity index (χ3v) is 4.39. The van der Waals surface area contributed by atoms with E-state index in [1.807, 2.05) is 24.3 Å². The summed E-state index contributed by atoms with van der Waals surface area (Å²) in [7, 11) is 0. The van der Waals surface area contributed by atoms with Crippen LogP contribution in [0.4, 0.5) is 5.95 Å². The number of rotatable bonds is 4. The molecule has 1 N–H and O–H groups in total. The first kappa shape index (κ1) is 14.1. The quantitative estimate of drug-likeness (QED) is 0.932. The van der Waals surface area contributed by atoms with Gasteiger partial charge in [0.05, 0.1) is 10.9 Å². The van der Waals surface area contributed by atoms with E-state index in [1.165, 1.54) is 0 Å². The van der Waals surface area contributed by atoms with Gasteiger partial charge in [0, 0.05) is 19.1 Å². The van der Waals surface area contributed by atoms with Crippen molar-refractivity contribution in [2.24, 2.45) is 0 Å². The molecule has 5 nitrogen and oxygen atoms in total. The second-order valence-electron chi connectivity index (χ2n) is 5.52. The Balaban J connectivity index is 1.87. The fraction of sp³-hybridized carbons (Fsp3) is 0.500. The van der Waals surface area contributed by atoms with Crippen LogP contribution in [0.5, 0.6) is 0 Å². The van der Waals surface area contributed by atoms with E-state index in [-0.39, 0.29) is 5.56 Å². The minimum Gasteiger partial charge on any atom is -0.341 e. The average molecular weight is 286 g/mol. The van der Waals surface area contributed by atoms with E-state index in [0.717, 1.165) is 38.1 Å². The summed E-state index contributed by atoms with van der Waals surface area (Å²) in [5, 5.41) is 0.653. The van der Waals surface area contributed by atoms with Gasteiger partial charge in [0.1, 0.15) is 0 Å². The number of aromatic nitrogens is 2. The number of hydrogen-bond acceptors (Lipinski definition) is 4. The number of benzene rings is 1. The Morgan fingerprint density at radius 1 is 1.33 bits per heavy atom. The molecule has 1 aromatic carbocycles. The van der Waals surface area contributed by atoms with Crippen LogP contribution in [0.3, 0.4) is 0 Å². The Hall–Kier alpha value is -1.88. The molecule has 1 saturated heterocycles. The van der Waals surface area contributed by atoms with Crippen molar-refractivity contribution in [1.82, 2.24) is 14.9 Å². The maximum Gasteiger partial charge on any atom is 0.260 e. The molecule has 0 bridgehead atoms. The molecule has 0 amide bonds. The molecule has 0 saturated carbocycles. The number of para-hydroxylation sites is 1. The van der Waals surface area contributed by atoms with Gasteiger partial charge < -0.3 is 4.90 Å². The van der Waals surface area contributed by atoms with Crippen molar-refractivity contribution in [3.05, 3.63) is 34.6 Å². The molecule has 0 aliphatic carbocycles. The smallest absolute Gasteiger partial charge is 0.260 e. The van der Waals surface area contributed by atoms with Gasteiger partial charge in [0.25, 0.3) is 5.56 Å². The van der Waals surface area contributed by atoms with Crippen LogP contribution < -0.4 is 10.5 Å². The number of H-pyrrole nitrogens is 1. The first-order chi connectivity index (χ1) is 10.2. The van der Waals surface area contributed by atoms with Crippen molar-refractivity contribution >= 4 is 16.9 Å². The monoisotopic (exact) mass is 286 g/mol. The summed E-state index contributed by atoms with van der Waals surface area (Å²) in [5.41, 5.74) is 0.712. The van der Waals surface area contributed by atoms with Gasteiger partial charge in [-0.25, -0.2) is 4.98 Å². The zero-order valence-electron chi connectivity index (χ0n) is 12.7. The van der Waals surface area contributed by atoms with E-state index in [4.69, 9.17) is 0 Å². The molecule has 2 heterocycles. The van der Waals surface area contributed by atoms with Gasteiger partial charge in [-0.2, -0.15) is 0 Å². The highest BCUT2D eigenvalue weighted by atomic mass is 16.1. The Kier molecular flexibility index (Phi) is 3.92. The lowest BCUT2D eigenvalue weighted by Gasteiger charge is -2.26. The summed E-state index contributed by atoms with van der Waals surface area (Å²) < 4.78 is 0. The number of hydrogen-bond donors (Lipinski definition) is 1. The van der Waals surface area contributed by atoms with E-state index >= 15 is 0 Å². The van der Waals surface area contributed by atoms with E-state index in [1.54, 1.807) is 0 Å². The van der Waals surface area contributed by atoms with Crippen LogP contribution in [0.25, 0.3) is 10.9 Å². The molecule has 3 rings (SSSR count). The molecule has 5 heteroatoms. The summed E-state index contributed by atoms with van der Waals surface area (Å²) in [4.78, 5) is 24.4. The molecule has 1 fully saturated rings. The Morgan fingerprint density at radius 2 is 2.10 bits per heavy atom. The molecule has 0 spiro atoms. The fourth-order valence-electron chi connectivity index (χ4n) is 3.20. The van der Waals surface area contributed by atoms with E-state index < -0.39 is 0 Å². The lowest BCUT2D eigenvalue weighted by molar-refractivity contribution is 0.232. The molecule has 2 aromatic rings. The summed E-state index contributed by atoms with van der Waals surface area (Å²) in [6.07, 6.45) is 1.12. The van der Waals surface area contributed by atoms with Crippen molar-refractivity contribution in [3.63, 3.8) is 0 Å². The molecule has 1 aliphatic heterocycles. The van der Waals surface area contributed by atoms with Crippen molar-refractivity contribution in [1.29, 1.82) is 0 Å². The molecule has 112 valence electrons. The second kappa shape index (κ2) is 5.85. The molecule has 0 unspecified atom stereocenters. The highest BCUT2D eigenvalue weighted by molar-refractivity contribution is 5.78. The molecule has 1 atom stereocenters. The van der Waals surface area contributed by atoms with Gasteiger partial charge in [0.2, 0.25) is 5.95 Å². The minimum absolute atomic E-state index is 0.0538. The molecule has 1 aromatic heterocycles. The lowest BCUT2D eigenvalue weighted by Crippen LogP contribution is -2.37. The number of anilines is 1. The number of nitrogens with zero attached hydrogens (tertiary/aromatic N) is 3. The summed E-state index contributed by atoms with van der Waals surface area (Å²) in [6.45, 7) is 8.41. The highest BCUT2D eigenvalue weighted by Gasteiger charge is 2.27. The lowest BCUT2D eigenvalue weighted by atomic mass is 10.2. The molecule has 21 heavy (non-hydrogen) atoms. The molecule has 0 radical (unpaired) electrons. The predicted molar refractivity (Wildman–Crippen MR) is 85.9 cm³/mol. The van der Waals surface area contributed by atoms with Crippen LogP contribution in [-0.2, 0) is 0 Å². The normalized spacial score (nSPS) is 18.8. The topological polar surface area (TPSA) is 52.2 Å². The standard InChI is InChI=1S/C16H22N4O/c1-3-19(4-2)12-9-10-20(11-12)16-17-14-8-6-5-7-13(14)15(21)18-16/h5-8,12H,3-4,9-11H2,1-2H3,(H,17,18,21)/t12-/m1/s1. The van der Waals surface area contributed by atoms with Gasteiger partial charge in [-0.1, -0.05) is 26.0 Å². The van der Waals surface area contributed by atoms with Gasteiger partial charge in [-0.05, 0) is 31.6 Å². The number of nitrogens with one attached hydrogen (secondary N) is 1. The largest absolute Gasteiger partial charge is 0.341 e. The van der Waals surface area contributed by atoms with E-state index in [2.05, 4.69) is 33.6 Å².